The normalized spacial score (nSPS) is 11.4. The lowest BCUT2D eigenvalue weighted by Gasteiger charge is -2.24. The third-order valence-corrected chi connectivity index (χ3v) is 3.39. The fourth-order valence-corrected chi connectivity index (χ4v) is 2.15. The summed E-state index contributed by atoms with van der Waals surface area (Å²) in [5.74, 6) is -3.42. The molecule has 1 amide bonds. The minimum atomic E-state index is -1.62. The zero-order valence-electron chi connectivity index (χ0n) is 13.8. The first-order valence-electron chi connectivity index (χ1n) is 7.76. The van der Waals surface area contributed by atoms with Crippen LogP contribution in [0.4, 0.5) is 4.79 Å². The van der Waals surface area contributed by atoms with Crippen molar-refractivity contribution >= 4 is 24.0 Å². The molecule has 4 N–H and O–H groups in total. The minimum Gasteiger partial charge on any atom is -0.480 e. The molecule has 0 saturated carbocycles. The predicted molar refractivity (Wildman–Crippen MR) is 87.5 cm³/mol. The molecule has 0 aromatic heterocycles. The Bertz CT molecular complexity index is 634. The molecule has 10 nitrogen and oxygen atoms in total. The van der Waals surface area contributed by atoms with Gasteiger partial charge in [-0.25, -0.2) is 14.4 Å². The van der Waals surface area contributed by atoms with E-state index in [1.165, 1.54) is 0 Å². The number of aliphatic carboxylic acids is 2. The molecule has 142 valence electrons. The maximum Gasteiger partial charge on any atom is 0.408 e. The summed E-state index contributed by atoms with van der Waals surface area (Å²) in [5.41, 5.74) is 2.82. The summed E-state index contributed by atoms with van der Waals surface area (Å²) in [6.07, 6.45) is -0.999. The van der Waals surface area contributed by atoms with Crippen LogP contribution in [0.15, 0.2) is 30.3 Å². The fourth-order valence-electron chi connectivity index (χ4n) is 2.15. The standard InChI is InChI=1S/C16H20N2O8/c19-13(20)10-18(16(24)25)12(14(21)22)8-4-5-9-17-26-15(23)11-6-2-1-3-7-11/h1-3,6-7,12,17H,4-5,8-10H2,(H,19,20)(H,21,22)(H,24,25). The van der Waals surface area contributed by atoms with Crippen LogP contribution >= 0.6 is 0 Å². The molecule has 1 atom stereocenters. The highest BCUT2D eigenvalue weighted by Crippen LogP contribution is 2.10. The van der Waals surface area contributed by atoms with Gasteiger partial charge in [0, 0.05) is 6.54 Å². The maximum atomic E-state index is 11.7. The summed E-state index contributed by atoms with van der Waals surface area (Å²) in [6, 6.07) is 6.85. The fraction of sp³-hybridized carbons (Fsp3) is 0.375. The van der Waals surface area contributed by atoms with Gasteiger partial charge in [-0.1, -0.05) is 18.2 Å². The smallest absolute Gasteiger partial charge is 0.408 e. The number of nitrogens with one attached hydrogen (secondary N) is 1. The van der Waals surface area contributed by atoms with Gasteiger partial charge in [0.2, 0.25) is 0 Å². The second-order valence-electron chi connectivity index (χ2n) is 5.30. The van der Waals surface area contributed by atoms with Crippen molar-refractivity contribution in [2.75, 3.05) is 13.1 Å². The monoisotopic (exact) mass is 368 g/mol. The lowest BCUT2D eigenvalue weighted by Crippen LogP contribution is -2.47. The number of hydroxylamine groups is 1. The number of unbranched alkanes of at least 4 members (excludes halogenated alkanes) is 1. The Morgan fingerprint density at radius 3 is 2.23 bits per heavy atom. The van der Waals surface area contributed by atoms with Crippen LogP contribution in [0.5, 0.6) is 0 Å². The molecule has 0 bridgehead atoms. The van der Waals surface area contributed by atoms with E-state index in [0.29, 0.717) is 16.9 Å². The van der Waals surface area contributed by atoms with Gasteiger partial charge in [-0.3, -0.25) is 9.69 Å². The van der Waals surface area contributed by atoms with E-state index < -0.39 is 36.6 Å². The number of carboxylic acid groups (broad SMARTS) is 3. The van der Waals surface area contributed by atoms with Gasteiger partial charge in [-0.15, -0.1) is 0 Å². The first-order chi connectivity index (χ1) is 12.3. The largest absolute Gasteiger partial charge is 0.480 e. The Morgan fingerprint density at radius 2 is 1.69 bits per heavy atom. The summed E-state index contributed by atoms with van der Waals surface area (Å²) in [5, 5.41) is 26.8. The number of carbonyl (C=O) groups is 4. The van der Waals surface area contributed by atoms with E-state index in [0.717, 1.165) is 0 Å². The Hall–Kier alpha value is -3.14. The van der Waals surface area contributed by atoms with Crippen LogP contribution in [-0.2, 0) is 14.4 Å². The third kappa shape index (κ3) is 7.18. The van der Waals surface area contributed by atoms with E-state index in [9.17, 15) is 19.2 Å². The highest BCUT2D eigenvalue weighted by molar-refractivity contribution is 5.89. The second-order valence-corrected chi connectivity index (χ2v) is 5.30. The van der Waals surface area contributed by atoms with Crippen molar-refractivity contribution in [3.63, 3.8) is 0 Å². The van der Waals surface area contributed by atoms with Crippen molar-refractivity contribution in [1.82, 2.24) is 10.4 Å². The first-order valence-corrected chi connectivity index (χ1v) is 7.76. The Labute approximate surface area is 148 Å². The van der Waals surface area contributed by atoms with Crippen LogP contribution in [0, 0.1) is 0 Å². The SMILES string of the molecule is O=C(O)CN(C(=O)O)C(CCCCNOC(=O)c1ccccc1)C(=O)O. The Balaban J connectivity index is 2.37. The van der Waals surface area contributed by atoms with Gasteiger partial charge in [0.15, 0.2) is 0 Å². The van der Waals surface area contributed by atoms with E-state index in [1.54, 1.807) is 30.3 Å². The van der Waals surface area contributed by atoms with Crippen molar-refractivity contribution in [3.8, 4) is 0 Å². The van der Waals surface area contributed by atoms with Crippen molar-refractivity contribution in [3.05, 3.63) is 35.9 Å². The van der Waals surface area contributed by atoms with Gasteiger partial charge < -0.3 is 20.2 Å². The molecule has 1 aromatic carbocycles. The van der Waals surface area contributed by atoms with Crippen LogP contribution in [0.25, 0.3) is 0 Å². The Kier molecular flexibility index (Phi) is 8.58. The molecule has 0 aliphatic rings. The summed E-state index contributed by atoms with van der Waals surface area (Å²) < 4.78 is 0. The molecule has 0 radical (unpaired) electrons. The topological polar surface area (TPSA) is 153 Å². The van der Waals surface area contributed by atoms with Gasteiger partial charge in [0.25, 0.3) is 0 Å². The number of nitrogens with zero attached hydrogens (tertiary/aromatic N) is 1. The van der Waals surface area contributed by atoms with Crippen molar-refractivity contribution in [2.45, 2.75) is 25.3 Å². The van der Waals surface area contributed by atoms with E-state index in [2.05, 4.69) is 5.48 Å². The van der Waals surface area contributed by atoms with Gasteiger partial charge >= 0.3 is 24.0 Å². The van der Waals surface area contributed by atoms with Gasteiger partial charge in [-0.05, 0) is 31.4 Å². The molecular weight excluding hydrogens is 348 g/mol. The number of hydrogen-bond acceptors (Lipinski definition) is 6. The van der Waals surface area contributed by atoms with Gasteiger partial charge in [0.05, 0.1) is 5.56 Å². The third-order valence-electron chi connectivity index (χ3n) is 3.39. The molecule has 0 aliphatic heterocycles. The van der Waals surface area contributed by atoms with Crippen LogP contribution in [0.2, 0.25) is 0 Å². The molecule has 1 unspecified atom stereocenters. The number of rotatable bonds is 11. The van der Waals surface area contributed by atoms with E-state index >= 15 is 0 Å². The highest BCUT2D eigenvalue weighted by Gasteiger charge is 2.30. The van der Waals surface area contributed by atoms with Crippen LogP contribution in [0.1, 0.15) is 29.6 Å². The van der Waals surface area contributed by atoms with Crippen LogP contribution in [0.3, 0.4) is 0 Å². The molecule has 0 saturated heterocycles. The number of amides is 1. The van der Waals surface area contributed by atoms with Crippen LogP contribution < -0.4 is 5.48 Å². The molecule has 0 fully saturated rings. The van der Waals surface area contributed by atoms with Crippen molar-refractivity contribution < 1.29 is 39.3 Å². The lowest BCUT2D eigenvalue weighted by molar-refractivity contribution is -0.145. The van der Waals surface area contributed by atoms with Gasteiger partial charge in [0.1, 0.15) is 12.6 Å². The molecule has 26 heavy (non-hydrogen) atoms. The average molecular weight is 368 g/mol. The molecule has 1 rings (SSSR count). The second kappa shape index (κ2) is 10.7. The molecule has 0 heterocycles. The van der Waals surface area contributed by atoms with Crippen molar-refractivity contribution in [2.24, 2.45) is 0 Å². The number of hydrogen-bond donors (Lipinski definition) is 4. The quantitative estimate of drug-likeness (QED) is 0.331. The maximum absolute atomic E-state index is 11.7. The number of carboxylic acids is 2. The average Bonchev–Trinajstić information content (AvgIpc) is 2.59. The lowest BCUT2D eigenvalue weighted by atomic mass is 10.1. The molecule has 10 heteroatoms. The predicted octanol–water partition coefficient (Wildman–Crippen LogP) is 1.04. The van der Waals surface area contributed by atoms with Gasteiger partial charge in [-0.2, -0.15) is 5.48 Å². The van der Waals surface area contributed by atoms with Crippen LogP contribution in [-0.4, -0.2) is 63.4 Å². The highest BCUT2D eigenvalue weighted by atomic mass is 16.7. The summed E-state index contributed by atoms with van der Waals surface area (Å²) >= 11 is 0. The zero-order chi connectivity index (χ0) is 19.5. The zero-order valence-corrected chi connectivity index (χ0v) is 13.8. The van der Waals surface area contributed by atoms with E-state index in [1.807, 2.05) is 0 Å². The summed E-state index contributed by atoms with van der Waals surface area (Å²) in [7, 11) is 0. The molecule has 1 aromatic rings. The molecule has 0 spiro atoms. The van der Waals surface area contributed by atoms with E-state index in [-0.39, 0.29) is 19.4 Å². The minimum absolute atomic E-state index is 0.0662. The number of carbonyl (C=O) groups excluding carboxylic acids is 1. The Morgan fingerprint density at radius 1 is 1.04 bits per heavy atom. The molecular formula is C16H20N2O8. The summed E-state index contributed by atoms with van der Waals surface area (Å²) in [4.78, 5) is 49.8. The van der Waals surface area contributed by atoms with E-state index in [4.69, 9.17) is 20.2 Å². The van der Waals surface area contributed by atoms with Crippen molar-refractivity contribution in [1.29, 1.82) is 0 Å². The summed E-state index contributed by atoms with van der Waals surface area (Å²) in [6.45, 7) is -0.684. The molecule has 0 aliphatic carbocycles. The number of benzene rings is 1. The first kappa shape index (κ1) is 20.9.